The quantitative estimate of drug-likeness (QED) is 0.142. The fourth-order valence-corrected chi connectivity index (χ4v) is 5.37. The zero-order valence-electron chi connectivity index (χ0n) is 18.4. The fourth-order valence-electron chi connectivity index (χ4n) is 2.79. The van der Waals surface area contributed by atoms with Crippen LogP contribution in [-0.4, -0.2) is 34.3 Å². The first-order chi connectivity index (χ1) is 16.7. The number of carbonyl (C=O) groups is 1. The van der Waals surface area contributed by atoms with E-state index in [0.29, 0.717) is 38.2 Å². The van der Waals surface area contributed by atoms with E-state index in [9.17, 15) is 13.2 Å². The van der Waals surface area contributed by atoms with Crippen LogP contribution < -0.4 is 19.1 Å². The van der Waals surface area contributed by atoms with Gasteiger partial charge in [-0.25, -0.2) is 5.43 Å². The van der Waals surface area contributed by atoms with Crippen LogP contribution in [0.4, 0.5) is 0 Å². The molecule has 0 atom stereocenters. The van der Waals surface area contributed by atoms with Crippen molar-refractivity contribution in [2.45, 2.75) is 4.90 Å². The second-order valence-corrected chi connectivity index (χ2v) is 10.1. The van der Waals surface area contributed by atoms with Crippen molar-refractivity contribution in [2.75, 3.05) is 13.7 Å². The molecule has 0 aliphatic rings. The molecule has 11 heteroatoms. The van der Waals surface area contributed by atoms with Gasteiger partial charge in [0.15, 0.2) is 17.2 Å². The van der Waals surface area contributed by atoms with Crippen molar-refractivity contribution in [2.24, 2.45) is 5.10 Å². The lowest BCUT2D eigenvalue weighted by atomic mass is 10.2. The summed E-state index contributed by atoms with van der Waals surface area (Å²) in [7, 11) is -2.54. The van der Waals surface area contributed by atoms with Crippen LogP contribution in [0.15, 0.2) is 92.3 Å². The van der Waals surface area contributed by atoms with Crippen molar-refractivity contribution < 1.29 is 26.9 Å². The molecule has 0 aromatic heterocycles. The van der Waals surface area contributed by atoms with Gasteiger partial charge in [0.25, 0.3) is 5.91 Å². The van der Waals surface area contributed by atoms with Crippen LogP contribution in [0.5, 0.6) is 17.2 Å². The fraction of sp³-hybridized carbons (Fsp3) is 0.0833. The minimum Gasteiger partial charge on any atom is -0.493 e. The minimum absolute atomic E-state index is 0.0316. The lowest BCUT2D eigenvalue weighted by Crippen LogP contribution is -2.17. The smallest absolute Gasteiger partial charge is 0.339 e. The van der Waals surface area contributed by atoms with Gasteiger partial charge in [-0.2, -0.15) is 13.5 Å². The molecule has 0 radical (unpaired) electrons. The second-order valence-electron chi connectivity index (χ2n) is 6.83. The van der Waals surface area contributed by atoms with Gasteiger partial charge < -0.3 is 13.7 Å². The lowest BCUT2D eigenvalue weighted by Gasteiger charge is -2.11. The maximum Gasteiger partial charge on any atom is 0.339 e. The molecule has 0 saturated heterocycles. The molecule has 35 heavy (non-hydrogen) atoms. The SMILES string of the molecule is C=CCOc1ccc(C(=O)N/N=C/c2cc(Br)c(OS(=O)(=O)c3ccccc3)c(Br)c2)cc1OC. The summed E-state index contributed by atoms with van der Waals surface area (Å²) < 4.78 is 41.9. The predicted molar refractivity (Wildman–Crippen MR) is 140 cm³/mol. The lowest BCUT2D eigenvalue weighted by molar-refractivity contribution is 0.0954. The van der Waals surface area contributed by atoms with E-state index in [1.54, 1.807) is 48.5 Å². The summed E-state index contributed by atoms with van der Waals surface area (Å²) in [4.78, 5) is 12.5. The van der Waals surface area contributed by atoms with Gasteiger partial charge in [0.2, 0.25) is 0 Å². The third-order valence-electron chi connectivity index (χ3n) is 4.41. The summed E-state index contributed by atoms with van der Waals surface area (Å²) in [5, 5.41) is 3.97. The molecule has 0 fully saturated rings. The van der Waals surface area contributed by atoms with E-state index < -0.39 is 16.0 Å². The molecule has 0 saturated carbocycles. The average molecular weight is 624 g/mol. The number of carbonyl (C=O) groups excluding carboxylic acids is 1. The van der Waals surface area contributed by atoms with Gasteiger partial charge in [-0.3, -0.25) is 4.79 Å². The second kappa shape index (κ2) is 12.0. The molecule has 3 rings (SSSR count). The highest BCUT2D eigenvalue weighted by Gasteiger charge is 2.20. The number of benzene rings is 3. The Morgan fingerprint density at radius 2 is 1.74 bits per heavy atom. The minimum atomic E-state index is -4.02. The normalized spacial score (nSPS) is 11.2. The number of hydrogen-bond donors (Lipinski definition) is 1. The molecule has 0 aliphatic carbocycles. The van der Waals surface area contributed by atoms with E-state index in [-0.39, 0.29) is 10.6 Å². The molecule has 182 valence electrons. The number of methoxy groups -OCH3 is 1. The van der Waals surface area contributed by atoms with Crippen LogP contribution >= 0.6 is 31.9 Å². The van der Waals surface area contributed by atoms with Gasteiger partial charge >= 0.3 is 10.1 Å². The number of rotatable bonds is 10. The van der Waals surface area contributed by atoms with E-state index in [2.05, 4.69) is 49.0 Å². The third-order valence-corrected chi connectivity index (χ3v) is 6.82. The third kappa shape index (κ3) is 6.93. The summed E-state index contributed by atoms with van der Waals surface area (Å²) in [6, 6.07) is 15.8. The number of nitrogens with one attached hydrogen (secondary N) is 1. The van der Waals surface area contributed by atoms with Crippen LogP contribution in [0, 0.1) is 0 Å². The molecule has 0 unspecified atom stereocenters. The Balaban J connectivity index is 1.71. The summed E-state index contributed by atoms with van der Waals surface area (Å²) >= 11 is 6.64. The van der Waals surface area contributed by atoms with Gasteiger partial charge in [0.05, 0.1) is 22.3 Å². The molecule has 0 bridgehead atoms. The van der Waals surface area contributed by atoms with E-state index in [0.717, 1.165) is 0 Å². The van der Waals surface area contributed by atoms with Crippen molar-refractivity contribution >= 4 is 54.1 Å². The molecular formula is C24H20Br2N2O6S. The molecule has 8 nitrogen and oxygen atoms in total. The van der Waals surface area contributed by atoms with Crippen molar-refractivity contribution in [3.8, 4) is 17.2 Å². The zero-order chi connectivity index (χ0) is 25.4. The molecule has 3 aromatic carbocycles. The number of amides is 1. The van der Waals surface area contributed by atoms with E-state index >= 15 is 0 Å². The first kappa shape index (κ1) is 26.5. The molecule has 0 aliphatic heterocycles. The van der Waals surface area contributed by atoms with Gasteiger partial charge in [-0.1, -0.05) is 30.9 Å². The Bertz CT molecular complexity index is 1340. The van der Waals surface area contributed by atoms with Gasteiger partial charge in [-0.05, 0) is 79.9 Å². The summed E-state index contributed by atoms with van der Waals surface area (Å²) in [5.74, 6) is 0.513. The number of nitrogens with zero attached hydrogens (tertiary/aromatic N) is 1. The summed E-state index contributed by atoms with van der Waals surface area (Å²) in [6.45, 7) is 3.90. The number of ether oxygens (including phenoxy) is 2. The highest BCUT2D eigenvalue weighted by molar-refractivity contribution is 9.11. The highest BCUT2D eigenvalue weighted by atomic mass is 79.9. The van der Waals surface area contributed by atoms with Crippen LogP contribution in [0.25, 0.3) is 0 Å². The summed E-state index contributed by atoms with van der Waals surface area (Å²) in [6.07, 6.45) is 3.01. The molecule has 1 N–H and O–H groups in total. The topological polar surface area (TPSA) is 103 Å². The van der Waals surface area contributed by atoms with E-state index in [4.69, 9.17) is 13.7 Å². The van der Waals surface area contributed by atoms with Crippen LogP contribution in [0.3, 0.4) is 0 Å². The van der Waals surface area contributed by atoms with Crippen molar-refractivity contribution in [3.05, 3.63) is 93.4 Å². The molecule has 1 amide bonds. The Kier molecular flexibility index (Phi) is 9.07. The summed E-state index contributed by atoms with van der Waals surface area (Å²) in [5.41, 5.74) is 3.33. The Hall–Kier alpha value is -3.15. The Morgan fingerprint density at radius 1 is 1.06 bits per heavy atom. The standard InChI is InChI=1S/C24H20Br2N2O6S/c1-3-11-33-21-10-9-17(14-22(21)32-2)24(29)28-27-15-16-12-19(25)23(20(26)13-16)34-35(30,31)18-7-5-4-6-8-18/h3-10,12-15H,1,11H2,2H3,(H,28,29)/b27-15+. The first-order valence-corrected chi connectivity index (χ1v) is 13.0. The zero-order valence-corrected chi connectivity index (χ0v) is 22.4. The van der Waals surface area contributed by atoms with Crippen LogP contribution in [0.1, 0.15) is 15.9 Å². The maximum absolute atomic E-state index is 12.5. The maximum atomic E-state index is 12.5. The van der Waals surface area contributed by atoms with Crippen molar-refractivity contribution in [1.82, 2.24) is 5.43 Å². The van der Waals surface area contributed by atoms with E-state index in [1.165, 1.54) is 31.5 Å². The monoisotopic (exact) mass is 622 g/mol. The van der Waals surface area contributed by atoms with Gasteiger partial charge in [0.1, 0.15) is 11.5 Å². The van der Waals surface area contributed by atoms with E-state index in [1.807, 2.05) is 0 Å². The predicted octanol–water partition coefficient (Wildman–Crippen LogP) is 5.32. The van der Waals surface area contributed by atoms with Gasteiger partial charge in [0, 0.05) is 5.56 Å². The largest absolute Gasteiger partial charge is 0.493 e. The molecular weight excluding hydrogens is 604 g/mol. The molecule has 0 spiro atoms. The Labute approximate surface area is 220 Å². The van der Waals surface area contributed by atoms with Crippen LogP contribution in [-0.2, 0) is 10.1 Å². The first-order valence-electron chi connectivity index (χ1n) is 9.99. The highest BCUT2D eigenvalue weighted by Crippen LogP contribution is 2.36. The molecule has 3 aromatic rings. The average Bonchev–Trinajstić information content (AvgIpc) is 2.85. The number of hydrazone groups is 1. The van der Waals surface area contributed by atoms with Crippen LogP contribution in [0.2, 0.25) is 0 Å². The molecule has 0 heterocycles. The number of hydrogen-bond acceptors (Lipinski definition) is 7. The van der Waals surface area contributed by atoms with Crippen molar-refractivity contribution in [1.29, 1.82) is 0 Å². The van der Waals surface area contributed by atoms with Crippen molar-refractivity contribution in [3.63, 3.8) is 0 Å². The number of halogens is 2. The van der Waals surface area contributed by atoms with Gasteiger partial charge in [-0.15, -0.1) is 0 Å². The Morgan fingerprint density at radius 3 is 2.37 bits per heavy atom.